The zero-order valence-corrected chi connectivity index (χ0v) is 16.4. The van der Waals surface area contributed by atoms with Crippen LogP contribution in [0.1, 0.15) is 56.6 Å². The second-order valence-corrected chi connectivity index (χ2v) is 8.56. The number of nitrogens with one attached hydrogen (secondary N) is 2. The van der Waals surface area contributed by atoms with Crippen LogP contribution < -0.4 is 10.5 Å². The minimum absolute atomic E-state index is 0.0563. The normalized spacial score (nSPS) is 16.9. The number of pyridine rings is 1. The lowest BCUT2D eigenvalue weighted by Crippen LogP contribution is -3.10. The van der Waals surface area contributed by atoms with Gasteiger partial charge in [-0.05, 0) is 61.7 Å². The number of fused-ring (bicyclic) bond motifs is 1. The Labute approximate surface area is 158 Å². The number of benzene rings is 1. The average Bonchev–Trinajstić information content (AvgIpc) is 3.27. The number of H-pyrrole nitrogens is 1. The molecule has 1 atom stereocenters. The number of aromatic amines is 1. The molecule has 27 heavy (non-hydrogen) atoms. The Morgan fingerprint density at radius 2 is 1.93 bits per heavy atom. The first kappa shape index (κ1) is 17.9. The number of likely N-dealkylation sites (tertiary alicyclic amines) is 1. The van der Waals surface area contributed by atoms with Crippen LogP contribution in [0, 0.1) is 6.92 Å². The van der Waals surface area contributed by atoms with E-state index in [1.54, 1.807) is 0 Å². The summed E-state index contributed by atoms with van der Waals surface area (Å²) in [7, 11) is 0. The van der Waals surface area contributed by atoms with Crippen LogP contribution in [0.25, 0.3) is 10.9 Å². The van der Waals surface area contributed by atoms with Gasteiger partial charge in [0.1, 0.15) is 0 Å². The fraction of sp³-hybridized carbons (Fsp3) is 0.500. The van der Waals surface area contributed by atoms with Crippen molar-refractivity contribution in [1.29, 1.82) is 0 Å². The highest BCUT2D eigenvalue weighted by Gasteiger charge is 2.37. The summed E-state index contributed by atoms with van der Waals surface area (Å²) in [5.41, 5.74) is 2.46. The molecule has 0 amide bonds. The first-order chi connectivity index (χ1) is 12.8. The molecule has 1 aliphatic rings. The van der Waals surface area contributed by atoms with Gasteiger partial charge >= 0.3 is 0 Å². The highest BCUT2D eigenvalue weighted by atomic mass is 16.1. The Kier molecular flexibility index (Phi) is 4.34. The number of hydrogen-bond acceptors (Lipinski definition) is 4. The minimum atomic E-state index is -0.254. The quantitative estimate of drug-likeness (QED) is 0.732. The van der Waals surface area contributed by atoms with Crippen molar-refractivity contribution in [2.45, 2.75) is 52.1 Å². The van der Waals surface area contributed by atoms with E-state index in [1.165, 1.54) is 10.5 Å². The highest BCUT2D eigenvalue weighted by Crippen LogP contribution is 2.23. The second-order valence-electron chi connectivity index (χ2n) is 8.56. The molecule has 0 saturated carbocycles. The third-order valence-electron chi connectivity index (χ3n) is 5.38. The Hall–Kier alpha value is -2.54. The van der Waals surface area contributed by atoms with E-state index < -0.39 is 0 Å². The number of nitrogens with zero attached hydrogens (tertiary/aromatic N) is 4. The predicted molar refractivity (Wildman–Crippen MR) is 104 cm³/mol. The van der Waals surface area contributed by atoms with Crippen LogP contribution in [0.5, 0.6) is 0 Å². The smallest absolute Gasteiger partial charge is 0.258 e. The van der Waals surface area contributed by atoms with Crippen molar-refractivity contribution in [2.24, 2.45) is 0 Å². The fourth-order valence-electron chi connectivity index (χ4n) is 4.07. The Morgan fingerprint density at radius 3 is 2.63 bits per heavy atom. The van der Waals surface area contributed by atoms with Crippen molar-refractivity contribution in [3.8, 4) is 0 Å². The van der Waals surface area contributed by atoms with E-state index in [-0.39, 0.29) is 17.1 Å². The van der Waals surface area contributed by atoms with Crippen molar-refractivity contribution in [3.63, 3.8) is 0 Å². The lowest BCUT2D eigenvalue weighted by molar-refractivity contribution is -0.914. The average molecular weight is 367 g/mol. The molecule has 0 spiro atoms. The van der Waals surface area contributed by atoms with Gasteiger partial charge in [0.05, 0.1) is 24.2 Å². The van der Waals surface area contributed by atoms with Gasteiger partial charge in [-0.1, -0.05) is 11.6 Å². The summed E-state index contributed by atoms with van der Waals surface area (Å²) in [6.07, 6.45) is 2.32. The Balaban J connectivity index is 1.93. The summed E-state index contributed by atoms with van der Waals surface area (Å²) >= 11 is 0. The maximum Gasteiger partial charge on any atom is 0.258 e. The van der Waals surface area contributed by atoms with Crippen LogP contribution in [0.2, 0.25) is 0 Å². The van der Waals surface area contributed by atoms with Gasteiger partial charge in [-0.15, -0.1) is 5.10 Å². The molecule has 1 aliphatic heterocycles. The van der Waals surface area contributed by atoms with Crippen molar-refractivity contribution in [1.82, 2.24) is 25.2 Å². The molecule has 0 bridgehead atoms. The van der Waals surface area contributed by atoms with E-state index in [0.29, 0.717) is 0 Å². The number of hydrogen-bond donors (Lipinski definition) is 2. The summed E-state index contributed by atoms with van der Waals surface area (Å²) in [6, 6.07) is 7.94. The fourth-order valence-corrected chi connectivity index (χ4v) is 4.07. The Bertz CT molecular complexity index is 1020. The van der Waals surface area contributed by atoms with Crippen LogP contribution in [0.15, 0.2) is 29.1 Å². The topological polar surface area (TPSA) is 80.9 Å². The molecule has 2 aromatic heterocycles. The Morgan fingerprint density at radius 1 is 1.19 bits per heavy atom. The molecule has 7 nitrogen and oxygen atoms in total. The largest absolute Gasteiger partial charge is 0.322 e. The number of aromatic nitrogens is 5. The zero-order chi connectivity index (χ0) is 19.2. The molecule has 4 rings (SSSR count). The van der Waals surface area contributed by atoms with E-state index in [2.05, 4.69) is 54.3 Å². The molecular weight excluding hydrogens is 340 g/mol. The van der Waals surface area contributed by atoms with Crippen molar-refractivity contribution >= 4 is 10.9 Å². The molecular formula is C20H27N6O+. The molecule has 3 heterocycles. The maximum atomic E-state index is 13.0. The molecule has 1 fully saturated rings. The molecule has 2 N–H and O–H groups in total. The third kappa shape index (κ3) is 3.27. The van der Waals surface area contributed by atoms with Gasteiger partial charge < -0.3 is 9.88 Å². The van der Waals surface area contributed by atoms with Gasteiger partial charge in [0.15, 0.2) is 6.04 Å². The SMILES string of the molecule is Cc1ccc2[nH]c(=O)c([C@@H](c3nnnn3C(C)(C)C)[NH+]3CCCC3)cc2c1. The third-order valence-corrected chi connectivity index (χ3v) is 5.38. The summed E-state index contributed by atoms with van der Waals surface area (Å²) in [4.78, 5) is 17.4. The first-order valence-corrected chi connectivity index (χ1v) is 9.61. The van der Waals surface area contributed by atoms with Crippen LogP contribution in [-0.4, -0.2) is 38.3 Å². The van der Waals surface area contributed by atoms with E-state index >= 15 is 0 Å². The van der Waals surface area contributed by atoms with Crippen LogP contribution in [0.3, 0.4) is 0 Å². The zero-order valence-electron chi connectivity index (χ0n) is 16.4. The molecule has 0 unspecified atom stereocenters. The van der Waals surface area contributed by atoms with Gasteiger partial charge in [-0.2, -0.15) is 0 Å². The molecule has 0 aliphatic carbocycles. The predicted octanol–water partition coefficient (Wildman–Crippen LogP) is 1.35. The number of aryl methyl sites for hydroxylation is 1. The van der Waals surface area contributed by atoms with E-state index in [0.717, 1.165) is 48.2 Å². The molecule has 7 heteroatoms. The minimum Gasteiger partial charge on any atom is -0.322 e. The standard InChI is InChI=1S/C20H26N6O/c1-13-7-8-16-14(11-13)12-15(19(27)21-16)17(25-9-5-6-10-25)18-22-23-24-26(18)20(2,3)4/h7-8,11-12,17H,5-6,9-10H2,1-4H3,(H,21,27)/p+1/t17-/m0/s1. The molecule has 142 valence electrons. The molecule has 0 radical (unpaired) electrons. The summed E-state index contributed by atoms with van der Waals surface area (Å²) < 4.78 is 1.86. The number of rotatable bonds is 3. The maximum absolute atomic E-state index is 13.0. The van der Waals surface area contributed by atoms with Crippen LogP contribution in [-0.2, 0) is 5.54 Å². The van der Waals surface area contributed by atoms with Gasteiger partial charge in [0, 0.05) is 18.4 Å². The van der Waals surface area contributed by atoms with Gasteiger partial charge in [0.25, 0.3) is 5.56 Å². The highest BCUT2D eigenvalue weighted by molar-refractivity contribution is 5.79. The summed E-state index contributed by atoms with van der Waals surface area (Å²) in [5.74, 6) is 0.761. The van der Waals surface area contributed by atoms with Crippen LogP contribution in [0.4, 0.5) is 0 Å². The lowest BCUT2D eigenvalue weighted by Gasteiger charge is -2.27. The number of tetrazole rings is 1. The van der Waals surface area contributed by atoms with E-state index in [4.69, 9.17) is 0 Å². The van der Waals surface area contributed by atoms with Crippen molar-refractivity contribution < 1.29 is 4.90 Å². The lowest BCUT2D eigenvalue weighted by atomic mass is 10.0. The second kappa shape index (κ2) is 6.56. The first-order valence-electron chi connectivity index (χ1n) is 9.61. The molecule has 1 saturated heterocycles. The van der Waals surface area contributed by atoms with Gasteiger partial charge in [0.2, 0.25) is 5.82 Å². The monoisotopic (exact) mass is 367 g/mol. The van der Waals surface area contributed by atoms with Crippen molar-refractivity contribution in [2.75, 3.05) is 13.1 Å². The van der Waals surface area contributed by atoms with Gasteiger partial charge in [-0.3, -0.25) is 4.79 Å². The summed E-state index contributed by atoms with van der Waals surface area (Å²) in [5, 5.41) is 13.6. The van der Waals surface area contributed by atoms with Gasteiger partial charge in [-0.25, -0.2) is 4.68 Å². The summed E-state index contributed by atoms with van der Waals surface area (Å²) in [6.45, 7) is 10.3. The van der Waals surface area contributed by atoms with E-state index in [9.17, 15) is 4.79 Å². The van der Waals surface area contributed by atoms with Crippen LogP contribution >= 0.6 is 0 Å². The van der Waals surface area contributed by atoms with Crippen molar-refractivity contribution in [3.05, 3.63) is 51.6 Å². The number of quaternary nitrogens is 1. The molecule has 3 aromatic rings. The molecule has 1 aromatic carbocycles. The van der Waals surface area contributed by atoms with E-state index in [1.807, 2.05) is 22.9 Å².